The third kappa shape index (κ3) is 3.93. The second-order valence-electron chi connectivity index (χ2n) is 4.56. The maximum atomic E-state index is 11.8. The monoisotopic (exact) mass is 263 g/mol. The zero-order chi connectivity index (χ0) is 13.1. The van der Waals surface area contributed by atoms with Crippen LogP contribution in [0.5, 0.6) is 0 Å². The zero-order valence-corrected chi connectivity index (χ0v) is 11.4. The molecule has 0 spiro atoms. The number of nitrogens with zero attached hydrogens (tertiary/aromatic N) is 1. The Morgan fingerprint density at radius 2 is 2.18 bits per heavy atom. The van der Waals surface area contributed by atoms with Gasteiger partial charge in [0, 0.05) is 26.7 Å². The van der Waals surface area contributed by atoms with Gasteiger partial charge in [-0.2, -0.15) is 0 Å². The van der Waals surface area contributed by atoms with Gasteiger partial charge in [0.25, 0.3) is 0 Å². The molecule has 1 saturated heterocycles. The molecule has 1 aliphatic rings. The Kier molecular flexibility index (Phi) is 4.91. The van der Waals surface area contributed by atoms with Gasteiger partial charge in [-0.15, -0.1) is 0 Å². The van der Waals surface area contributed by atoms with E-state index in [9.17, 15) is 13.2 Å². The Balaban J connectivity index is 2.52. The molecule has 1 aliphatic heterocycles. The Morgan fingerprint density at radius 1 is 1.53 bits per heavy atom. The molecule has 1 amide bonds. The molecule has 1 heterocycles. The van der Waals surface area contributed by atoms with E-state index in [1.54, 1.807) is 14.1 Å². The van der Waals surface area contributed by atoms with Gasteiger partial charge in [0.1, 0.15) is 0 Å². The van der Waals surface area contributed by atoms with Gasteiger partial charge in [0.2, 0.25) is 15.9 Å². The molecule has 0 aliphatic carbocycles. The van der Waals surface area contributed by atoms with Gasteiger partial charge >= 0.3 is 0 Å². The number of carbonyl (C=O) groups excluding carboxylic acids is 1. The van der Waals surface area contributed by atoms with Gasteiger partial charge in [-0.1, -0.05) is 0 Å². The largest absolute Gasteiger partial charge is 0.348 e. The summed E-state index contributed by atoms with van der Waals surface area (Å²) >= 11 is 0. The van der Waals surface area contributed by atoms with Gasteiger partial charge in [-0.05, 0) is 26.3 Å². The zero-order valence-electron chi connectivity index (χ0n) is 10.6. The lowest BCUT2D eigenvalue weighted by Gasteiger charge is -2.19. The molecule has 6 nitrogen and oxygen atoms in total. The molecule has 7 heteroatoms. The van der Waals surface area contributed by atoms with E-state index in [4.69, 9.17) is 0 Å². The van der Waals surface area contributed by atoms with Crippen molar-refractivity contribution in [1.82, 2.24) is 14.9 Å². The van der Waals surface area contributed by atoms with Gasteiger partial charge in [-0.25, -0.2) is 13.1 Å². The van der Waals surface area contributed by atoms with Crippen molar-refractivity contribution in [2.24, 2.45) is 0 Å². The number of rotatable bonds is 5. The number of amides is 1. The number of nitrogens with one attached hydrogen (secondary N) is 2. The first-order valence-corrected chi connectivity index (χ1v) is 7.32. The Bertz CT molecular complexity index is 361. The summed E-state index contributed by atoms with van der Waals surface area (Å²) in [6.07, 6.45) is 2.04. The smallest absolute Gasteiger partial charge is 0.241 e. The minimum Gasteiger partial charge on any atom is -0.348 e. The van der Waals surface area contributed by atoms with E-state index in [-0.39, 0.29) is 6.04 Å². The fourth-order valence-corrected chi connectivity index (χ4v) is 2.93. The molecule has 1 fully saturated rings. The third-order valence-electron chi connectivity index (χ3n) is 2.95. The SMILES string of the molecule is CC(C(=O)N(C)C)S(=O)(=O)NCC1CCCN1. The van der Waals surface area contributed by atoms with E-state index in [0.29, 0.717) is 6.54 Å². The molecule has 0 aromatic rings. The number of hydrogen-bond donors (Lipinski definition) is 2. The summed E-state index contributed by atoms with van der Waals surface area (Å²) < 4.78 is 26.2. The molecule has 1 rings (SSSR count). The van der Waals surface area contributed by atoms with Crippen LogP contribution in [-0.2, 0) is 14.8 Å². The fourth-order valence-electron chi connectivity index (χ4n) is 1.77. The highest BCUT2D eigenvalue weighted by atomic mass is 32.2. The van der Waals surface area contributed by atoms with E-state index < -0.39 is 21.2 Å². The standard InChI is InChI=1S/C10H21N3O3S/c1-8(10(14)13(2)3)17(15,16)12-7-9-5-4-6-11-9/h8-9,11-12H,4-7H2,1-3H3. The summed E-state index contributed by atoms with van der Waals surface area (Å²) in [5.74, 6) is -0.406. The lowest BCUT2D eigenvalue weighted by molar-refractivity contribution is -0.127. The Morgan fingerprint density at radius 3 is 2.65 bits per heavy atom. The molecule has 0 aromatic carbocycles. The minimum absolute atomic E-state index is 0.187. The summed E-state index contributed by atoms with van der Waals surface area (Å²) in [5.41, 5.74) is 0. The maximum absolute atomic E-state index is 11.8. The first kappa shape index (κ1) is 14.4. The fraction of sp³-hybridized carbons (Fsp3) is 0.900. The second-order valence-corrected chi connectivity index (χ2v) is 6.65. The van der Waals surface area contributed by atoms with Crippen molar-refractivity contribution in [2.75, 3.05) is 27.2 Å². The topological polar surface area (TPSA) is 78.5 Å². The molecule has 2 N–H and O–H groups in total. The van der Waals surface area contributed by atoms with Crippen LogP contribution in [0.4, 0.5) is 0 Å². The summed E-state index contributed by atoms with van der Waals surface area (Å²) in [6, 6.07) is 0.187. The first-order valence-electron chi connectivity index (χ1n) is 5.77. The van der Waals surface area contributed by atoms with Crippen molar-refractivity contribution < 1.29 is 13.2 Å². The quantitative estimate of drug-likeness (QED) is 0.676. The lowest BCUT2D eigenvalue weighted by Crippen LogP contribution is -2.46. The van der Waals surface area contributed by atoms with Crippen molar-refractivity contribution in [2.45, 2.75) is 31.1 Å². The maximum Gasteiger partial charge on any atom is 0.241 e. The number of carbonyl (C=O) groups is 1. The molecular formula is C10H21N3O3S. The van der Waals surface area contributed by atoms with Crippen molar-refractivity contribution in [3.05, 3.63) is 0 Å². The molecule has 17 heavy (non-hydrogen) atoms. The number of hydrogen-bond acceptors (Lipinski definition) is 4. The van der Waals surface area contributed by atoms with E-state index in [1.165, 1.54) is 11.8 Å². The van der Waals surface area contributed by atoms with Crippen LogP contribution in [0.25, 0.3) is 0 Å². The average Bonchev–Trinajstić information content (AvgIpc) is 2.77. The first-order chi connectivity index (χ1) is 7.84. The van der Waals surface area contributed by atoms with Crippen LogP contribution in [0.3, 0.4) is 0 Å². The summed E-state index contributed by atoms with van der Waals surface area (Å²) in [5, 5.41) is 2.16. The minimum atomic E-state index is -3.57. The van der Waals surface area contributed by atoms with Crippen LogP contribution < -0.4 is 10.0 Å². The third-order valence-corrected chi connectivity index (χ3v) is 4.65. The van der Waals surface area contributed by atoms with Gasteiger partial charge in [0.05, 0.1) is 0 Å². The molecule has 0 radical (unpaired) electrons. The average molecular weight is 263 g/mol. The predicted molar refractivity (Wildman–Crippen MR) is 66.1 cm³/mol. The summed E-state index contributed by atoms with van der Waals surface area (Å²) in [4.78, 5) is 12.9. The van der Waals surface area contributed by atoms with Gasteiger partial charge in [0.15, 0.2) is 5.25 Å². The van der Waals surface area contributed by atoms with Gasteiger partial charge < -0.3 is 10.2 Å². The molecule has 2 unspecified atom stereocenters. The van der Waals surface area contributed by atoms with Crippen LogP contribution in [0.15, 0.2) is 0 Å². The van der Waals surface area contributed by atoms with Crippen molar-refractivity contribution in [1.29, 1.82) is 0 Å². The van der Waals surface area contributed by atoms with E-state index >= 15 is 0 Å². The molecule has 100 valence electrons. The van der Waals surface area contributed by atoms with E-state index in [2.05, 4.69) is 10.0 Å². The van der Waals surface area contributed by atoms with E-state index in [1.807, 2.05) is 0 Å². The second kappa shape index (κ2) is 5.79. The Labute approximate surface area is 103 Å². The molecule has 0 saturated carbocycles. The normalized spacial score (nSPS) is 22.4. The van der Waals surface area contributed by atoms with Crippen LogP contribution in [0.2, 0.25) is 0 Å². The highest BCUT2D eigenvalue weighted by Crippen LogP contribution is 2.06. The van der Waals surface area contributed by atoms with Crippen LogP contribution in [0, 0.1) is 0 Å². The predicted octanol–water partition coefficient (Wildman–Crippen LogP) is -0.865. The molecule has 0 bridgehead atoms. The summed E-state index contributed by atoms with van der Waals surface area (Å²) in [6.45, 7) is 2.69. The lowest BCUT2D eigenvalue weighted by atomic mass is 10.2. The molecular weight excluding hydrogens is 242 g/mol. The van der Waals surface area contributed by atoms with Crippen molar-refractivity contribution in [3.63, 3.8) is 0 Å². The van der Waals surface area contributed by atoms with Crippen LogP contribution in [0.1, 0.15) is 19.8 Å². The highest BCUT2D eigenvalue weighted by molar-refractivity contribution is 7.90. The molecule has 0 aromatic heterocycles. The van der Waals surface area contributed by atoms with Gasteiger partial charge in [-0.3, -0.25) is 4.79 Å². The van der Waals surface area contributed by atoms with Crippen LogP contribution >= 0.6 is 0 Å². The van der Waals surface area contributed by atoms with Crippen LogP contribution in [-0.4, -0.2) is 57.7 Å². The summed E-state index contributed by atoms with van der Waals surface area (Å²) in [7, 11) is -0.476. The van der Waals surface area contributed by atoms with E-state index in [0.717, 1.165) is 19.4 Å². The van der Waals surface area contributed by atoms with Crippen molar-refractivity contribution >= 4 is 15.9 Å². The van der Waals surface area contributed by atoms with Crippen molar-refractivity contribution in [3.8, 4) is 0 Å². The number of sulfonamides is 1. The highest BCUT2D eigenvalue weighted by Gasteiger charge is 2.29. The Hall–Kier alpha value is -0.660. The molecule has 2 atom stereocenters.